The van der Waals surface area contributed by atoms with Gasteiger partial charge in [0.25, 0.3) is 0 Å². The van der Waals surface area contributed by atoms with Gasteiger partial charge in [0.2, 0.25) is 11.8 Å². The van der Waals surface area contributed by atoms with Crippen LogP contribution in [0.1, 0.15) is 69.8 Å². The fraction of sp³-hybridized carbons (Fsp3) is 0.720. The van der Waals surface area contributed by atoms with Crippen LogP contribution in [0.15, 0.2) is 12.3 Å². The Labute approximate surface area is 190 Å². The first-order chi connectivity index (χ1) is 15.5. The molecular formula is C25H36N4O3. The van der Waals surface area contributed by atoms with E-state index in [0.29, 0.717) is 18.4 Å². The number of aryl methyl sites for hydroxylation is 1. The Kier molecular flexibility index (Phi) is 5.86. The number of hydrogen-bond donors (Lipinski definition) is 1. The molecule has 7 nitrogen and oxygen atoms in total. The molecule has 1 aromatic rings. The molecule has 0 radical (unpaired) electrons. The minimum absolute atomic E-state index is 0.184. The van der Waals surface area contributed by atoms with Crippen molar-refractivity contribution in [1.29, 1.82) is 0 Å². The lowest BCUT2D eigenvalue weighted by Crippen LogP contribution is -2.47. The summed E-state index contributed by atoms with van der Waals surface area (Å²) in [6.45, 7) is 5.42. The number of piperidine rings is 2. The molecule has 4 heterocycles. The van der Waals surface area contributed by atoms with Gasteiger partial charge < -0.3 is 19.8 Å². The third-order valence-corrected chi connectivity index (χ3v) is 8.34. The number of amides is 2. The summed E-state index contributed by atoms with van der Waals surface area (Å²) in [6, 6.07) is 2.41. The molecule has 174 valence electrons. The first-order valence-electron chi connectivity index (χ1n) is 12.5. The number of rotatable bonds is 3. The lowest BCUT2D eigenvalue weighted by atomic mass is 9.77. The van der Waals surface area contributed by atoms with Crippen molar-refractivity contribution in [3.05, 3.63) is 17.8 Å². The van der Waals surface area contributed by atoms with Gasteiger partial charge in [-0.15, -0.1) is 0 Å². The number of nitrogens with zero attached hydrogens (tertiary/aromatic N) is 4. The molecule has 3 aliphatic heterocycles. The standard InChI is InChI=1S/C25H36N4O3/c1-18-16-20(28-12-3-2-4-22(28)31)17-26-23(18)27-13-9-25(10-14-27)11-15-29(24(25)32)19-5-7-21(30)8-6-19/h16-17,19,21,30H,2-15H2,1H3/t19-,21+. The maximum atomic E-state index is 13.4. The highest BCUT2D eigenvalue weighted by atomic mass is 16.3. The van der Waals surface area contributed by atoms with E-state index in [0.717, 1.165) is 101 Å². The molecule has 1 spiro atoms. The van der Waals surface area contributed by atoms with Crippen LogP contribution in [0.3, 0.4) is 0 Å². The second-order valence-corrected chi connectivity index (χ2v) is 10.3. The van der Waals surface area contributed by atoms with Crippen molar-refractivity contribution in [3.63, 3.8) is 0 Å². The van der Waals surface area contributed by atoms with Gasteiger partial charge in [0.05, 0.1) is 23.4 Å². The Morgan fingerprint density at radius 1 is 1.00 bits per heavy atom. The minimum atomic E-state index is -0.208. The predicted molar refractivity (Wildman–Crippen MR) is 124 cm³/mol. The second-order valence-electron chi connectivity index (χ2n) is 10.3. The monoisotopic (exact) mass is 440 g/mol. The van der Waals surface area contributed by atoms with Gasteiger partial charge in [0.15, 0.2) is 0 Å². The fourth-order valence-corrected chi connectivity index (χ4v) is 6.29. The molecule has 1 aliphatic carbocycles. The van der Waals surface area contributed by atoms with Crippen LogP contribution in [-0.4, -0.2) is 65.1 Å². The van der Waals surface area contributed by atoms with Crippen molar-refractivity contribution < 1.29 is 14.7 Å². The normalized spacial score (nSPS) is 28.6. The lowest BCUT2D eigenvalue weighted by Gasteiger charge is -2.40. The Bertz CT molecular complexity index is 872. The number of carbonyl (C=O) groups excluding carboxylic acids is 2. The molecule has 32 heavy (non-hydrogen) atoms. The maximum absolute atomic E-state index is 13.4. The van der Waals surface area contributed by atoms with Gasteiger partial charge in [0, 0.05) is 38.6 Å². The first-order valence-corrected chi connectivity index (χ1v) is 12.5. The van der Waals surface area contributed by atoms with Crippen molar-refractivity contribution in [3.8, 4) is 0 Å². The molecule has 1 aromatic heterocycles. The van der Waals surface area contributed by atoms with Crippen LogP contribution in [0.25, 0.3) is 0 Å². The zero-order valence-corrected chi connectivity index (χ0v) is 19.3. The topological polar surface area (TPSA) is 77.0 Å². The summed E-state index contributed by atoms with van der Waals surface area (Å²) in [4.78, 5) is 36.8. The molecular weight excluding hydrogens is 404 g/mol. The van der Waals surface area contributed by atoms with Crippen molar-refractivity contribution in [2.75, 3.05) is 36.0 Å². The molecule has 2 amide bonds. The molecule has 4 fully saturated rings. The molecule has 4 aliphatic rings. The van der Waals surface area contributed by atoms with E-state index in [1.165, 1.54) is 0 Å². The van der Waals surface area contributed by atoms with Crippen molar-refractivity contribution in [2.45, 2.75) is 83.3 Å². The molecule has 0 bridgehead atoms. The average molecular weight is 441 g/mol. The van der Waals surface area contributed by atoms with E-state index in [1.807, 2.05) is 11.1 Å². The maximum Gasteiger partial charge on any atom is 0.229 e. The number of hydrogen-bond acceptors (Lipinski definition) is 5. The van der Waals surface area contributed by atoms with Crippen LogP contribution in [0.5, 0.6) is 0 Å². The van der Waals surface area contributed by atoms with Crippen molar-refractivity contribution in [1.82, 2.24) is 9.88 Å². The molecule has 0 atom stereocenters. The Balaban J connectivity index is 1.23. The zero-order chi connectivity index (χ0) is 22.3. The predicted octanol–water partition coefficient (Wildman–Crippen LogP) is 3.03. The summed E-state index contributed by atoms with van der Waals surface area (Å²) >= 11 is 0. The highest BCUT2D eigenvalue weighted by molar-refractivity contribution is 5.94. The van der Waals surface area contributed by atoms with E-state index in [-0.39, 0.29) is 17.4 Å². The first kappa shape index (κ1) is 21.7. The summed E-state index contributed by atoms with van der Waals surface area (Å²) in [5.41, 5.74) is 1.79. The van der Waals surface area contributed by atoms with Crippen LogP contribution in [0.4, 0.5) is 11.5 Å². The summed E-state index contributed by atoms with van der Waals surface area (Å²) in [6.07, 6.45) is 10.5. The lowest BCUT2D eigenvalue weighted by molar-refractivity contribution is -0.139. The molecule has 7 heteroatoms. The number of carbonyl (C=O) groups is 2. The van der Waals surface area contributed by atoms with E-state index in [2.05, 4.69) is 22.8 Å². The van der Waals surface area contributed by atoms with Gasteiger partial charge in [-0.2, -0.15) is 0 Å². The summed E-state index contributed by atoms with van der Waals surface area (Å²) in [5, 5.41) is 9.81. The highest BCUT2D eigenvalue weighted by Crippen LogP contribution is 2.44. The number of pyridine rings is 1. The Morgan fingerprint density at radius 2 is 1.72 bits per heavy atom. The third kappa shape index (κ3) is 3.89. The van der Waals surface area contributed by atoms with Gasteiger partial charge in [-0.1, -0.05) is 0 Å². The van der Waals surface area contributed by atoms with Crippen molar-refractivity contribution in [2.24, 2.45) is 5.41 Å². The number of anilines is 2. The van der Waals surface area contributed by atoms with E-state index in [4.69, 9.17) is 4.98 Å². The third-order valence-electron chi connectivity index (χ3n) is 8.34. The molecule has 0 unspecified atom stereocenters. The largest absolute Gasteiger partial charge is 0.393 e. The number of aliphatic hydroxyl groups is 1. The molecule has 3 saturated heterocycles. The van der Waals surface area contributed by atoms with E-state index < -0.39 is 0 Å². The van der Waals surface area contributed by atoms with E-state index in [1.54, 1.807) is 0 Å². The van der Waals surface area contributed by atoms with Crippen LogP contribution in [0.2, 0.25) is 0 Å². The van der Waals surface area contributed by atoms with Crippen molar-refractivity contribution >= 4 is 23.3 Å². The molecule has 1 saturated carbocycles. The van der Waals surface area contributed by atoms with Crippen LogP contribution in [0, 0.1) is 12.3 Å². The minimum Gasteiger partial charge on any atom is -0.393 e. The SMILES string of the molecule is Cc1cc(N2CCCCC2=O)cnc1N1CCC2(CC1)CCN([C@H]1CC[C@@H](O)CC1)C2=O. The summed E-state index contributed by atoms with van der Waals surface area (Å²) in [5.74, 6) is 1.53. The van der Waals surface area contributed by atoms with E-state index in [9.17, 15) is 14.7 Å². The molecule has 0 aromatic carbocycles. The van der Waals surface area contributed by atoms with Crippen LogP contribution >= 0.6 is 0 Å². The highest BCUT2D eigenvalue weighted by Gasteiger charge is 2.50. The summed E-state index contributed by atoms with van der Waals surface area (Å²) in [7, 11) is 0. The number of likely N-dealkylation sites (tertiary alicyclic amines) is 1. The molecule has 5 rings (SSSR count). The number of aromatic nitrogens is 1. The summed E-state index contributed by atoms with van der Waals surface area (Å²) < 4.78 is 0. The second kappa shape index (κ2) is 8.65. The Hall–Kier alpha value is -2.15. The van der Waals surface area contributed by atoms with Gasteiger partial charge in [-0.25, -0.2) is 4.98 Å². The average Bonchev–Trinajstić information content (AvgIpc) is 3.11. The zero-order valence-electron chi connectivity index (χ0n) is 19.3. The van der Waals surface area contributed by atoms with Gasteiger partial charge in [-0.3, -0.25) is 9.59 Å². The van der Waals surface area contributed by atoms with Crippen LogP contribution in [-0.2, 0) is 9.59 Å². The Morgan fingerprint density at radius 3 is 2.41 bits per heavy atom. The molecule has 1 N–H and O–H groups in total. The van der Waals surface area contributed by atoms with Gasteiger partial charge in [0.1, 0.15) is 5.82 Å². The quantitative estimate of drug-likeness (QED) is 0.782. The fourth-order valence-electron chi connectivity index (χ4n) is 6.29. The van der Waals surface area contributed by atoms with Gasteiger partial charge in [-0.05, 0) is 76.3 Å². The van der Waals surface area contributed by atoms with Gasteiger partial charge >= 0.3 is 0 Å². The van der Waals surface area contributed by atoms with Crippen LogP contribution < -0.4 is 9.80 Å². The number of aliphatic hydroxyl groups excluding tert-OH is 1. The smallest absolute Gasteiger partial charge is 0.229 e. The van der Waals surface area contributed by atoms with E-state index >= 15 is 0 Å².